The van der Waals surface area contributed by atoms with Crippen LogP contribution in [0.3, 0.4) is 0 Å². The van der Waals surface area contributed by atoms with E-state index in [1.165, 1.54) is 12.1 Å². The zero-order valence-electron chi connectivity index (χ0n) is 11.4. The molecule has 5 nitrogen and oxygen atoms in total. The van der Waals surface area contributed by atoms with Crippen LogP contribution in [0, 0.1) is 11.8 Å². The highest BCUT2D eigenvalue weighted by Gasteiger charge is 2.47. The first-order chi connectivity index (χ1) is 10.1. The third-order valence-electron chi connectivity index (χ3n) is 4.24. The maximum absolute atomic E-state index is 12.3. The number of carbonyl (C=O) groups is 3. The number of benzene rings is 1. The monoisotopic (exact) mass is 285 g/mol. The van der Waals surface area contributed by atoms with Gasteiger partial charge < -0.3 is 5.11 Å². The van der Waals surface area contributed by atoms with Crippen LogP contribution < -0.4 is 0 Å². The lowest BCUT2D eigenvalue weighted by atomic mass is 9.81. The van der Waals surface area contributed by atoms with Crippen LogP contribution in [0.1, 0.15) is 36.0 Å². The van der Waals surface area contributed by atoms with Crippen LogP contribution in [0.2, 0.25) is 0 Å². The average molecular weight is 285 g/mol. The third kappa shape index (κ3) is 2.39. The maximum Gasteiger partial charge on any atom is 0.335 e. The van der Waals surface area contributed by atoms with Gasteiger partial charge in [0.1, 0.15) is 0 Å². The minimum atomic E-state index is -1.06. The quantitative estimate of drug-likeness (QED) is 0.904. The molecule has 2 aliphatic carbocycles. The van der Waals surface area contributed by atoms with E-state index in [0.29, 0.717) is 5.69 Å². The molecule has 2 atom stereocenters. The lowest BCUT2D eigenvalue weighted by Crippen LogP contribution is -2.21. The zero-order chi connectivity index (χ0) is 15.0. The molecule has 0 radical (unpaired) electrons. The average Bonchev–Trinajstić information content (AvgIpc) is 2.73. The molecule has 2 unspecified atom stereocenters. The van der Waals surface area contributed by atoms with Crippen LogP contribution in [-0.2, 0) is 9.59 Å². The molecule has 108 valence electrons. The number of hydrogen-bond donors (Lipinski definition) is 1. The number of hydrogen-bond acceptors (Lipinski definition) is 4. The molecule has 0 saturated heterocycles. The van der Waals surface area contributed by atoms with E-state index in [9.17, 15) is 14.4 Å². The van der Waals surface area contributed by atoms with Crippen molar-refractivity contribution >= 4 is 28.9 Å². The van der Waals surface area contributed by atoms with Crippen molar-refractivity contribution in [3.05, 3.63) is 29.8 Å². The predicted molar refractivity (Wildman–Crippen MR) is 76.0 cm³/mol. The number of fused-ring (bicyclic) bond motifs is 1. The van der Waals surface area contributed by atoms with E-state index in [-0.39, 0.29) is 34.7 Å². The number of aliphatic imine (C=N–C) groups is 1. The Morgan fingerprint density at radius 3 is 2.29 bits per heavy atom. The Kier molecular flexibility index (Phi) is 3.41. The normalized spacial score (nSPS) is 24.9. The molecule has 21 heavy (non-hydrogen) atoms. The van der Waals surface area contributed by atoms with Gasteiger partial charge in [0.2, 0.25) is 0 Å². The van der Waals surface area contributed by atoms with Crippen LogP contribution in [0.4, 0.5) is 5.69 Å². The SMILES string of the molecule is O=C(O)c1cccc(N=C2C(=O)C3CCCCC3C2=O)c1. The van der Waals surface area contributed by atoms with E-state index in [0.717, 1.165) is 25.7 Å². The van der Waals surface area contributed by atoms with Gasteiger partial charge in [0, 0.05) is 11.8 Å². The molecule has 0 aliphatic heterocycles. The summed E-state index contributed by atoms with van der Waals surface area (Å²) in [5.74, 6) is -1.84. The summed E-state index contributed by atoms with van der Waals surface area (Å²) in [5.41, 5.74) is 0.423. The Hall–Kier alpha value is -2.30. The van der Waals surface area contributed by atoms with Crippen molar-refractivity contribution in [2.45, 2.75) is 25.7 Å². The molecule has 0 aromatic heterocycles. The molecule has 1 aromatic carbocycles. The van der Waals surface area contributed by atoms with Gasteiger partial charge in [-0.3, -0.25) is 9.59 Å². The number of rotatable bonds is 2. The van der Waals surface area contributed by atoms with Crippen molar-refractivity contribution in [1.29, 1.82) is 0 Å². The highest BCUT2D eigenvalue weighted by atomic mass is 16.4. The molecular formula is C16H15NO4. The van der Waals surface area contributed by atoms with Crippen molar-refractivity contribution in [2.75, 3.05) is 0 Å². The molecule has 3 rings (SSSR count). The van der Waals surface area contributed by atoms with Gasteiger partial charge in [-0.1, -0.05) is 18.9 Å². The summed E-state index contributed by atoms with van der Waals surface area (Å²) in [4.78, 5) is 39.7. The summed E-state index contributed by atoms with van der Waals surface area (Å²) in [5, 5.41) is 8.96. The summed E-state index contributed by atoms with van der Waals surface area (Å²) < 4.78 is 0. The first kappa shape index (κ1) is 13.7. The molecule has 0 spiro atoms. The van der Waals surface area contributed by atoms with Crippen molar-refractivity contribution in [3.63, 3.8) is 0 Å². The maximum atomic E-state index is 12.3. The van der Waals surface area contributed by atoms with E-state index in [1.54, 1.807) is 12.1 Å². The molecular weight excluding hydrogens is 270 g/mol. The van der Waals surface area contributed by atoms with Crippen molar-refractivity contribution in [3.8, 4) is 0 Å². The highest BCUT2D eigenvalue weighted by Crippen LogP contribution is 2.37. The minimum Gasteiger partial charge on any atom is -0.478 e. The largest absolute Gasteiger partial charge is 0.478 e. The molecule has 1 aromatic rings. The second kappa shape index (κ2) is 5.24. The number of Topliss-reactive ketones (excluding diaryl/α,β-unsaturated/α-hetero) is 2. The number of carboxylic acids is 1. The Morgan fingerprint density at radius 1 is 1.10 bits per heavy atom. The van der Waals surface area contributed by atoms with Crippen LogP contribution in [0.15, 0.2) is 29.3 Å². The summed E-state index contributed by atoms with van der Waals surface area (Å²) in [6.07, 6.45) is 3.46. The Labute approximate surface area is 121 Å². The molecule has 5 heteroatoms. The van der Waals surface area contributed by atoms with Crippen LogP contribution >= 0.6 is 0 Å². The second-order valence-electron chi connectivity index (χ2n) is 5.54. The summed E-state index contributed by atoms with van der Waals surface area (Å²) >= 11 is 0. The summed E-state index contributed by atoms with van der Waals surface area (Å²) in [6, 6.07) is 5.98. The number of ketones is 2. The van der Waals surface area contributed by atoms with Gasteiger partial charge in [0.25, 0.3) is 0 Å². The summed E-state index contributed by atoms with van der Waals surface area (Å²) in [6.45, 7) is 0. The van der Waals surface area contributed by atoms with Crippen molar-refractivity contribution in [1.82, 2.24) is 0 Å². The van der Waals surface area contributed by atoms with E-state index in [2.05, 4.69) is 4.99 Å². The van der Waals surface area contributed by atoms with Gasteiger partial charge in [0.15, 0.2) is 17.3 Å². The number of carbonyl (C=O) groups excluding carboxylic acids is 2. The molecule has 2 saturated carbocycles. The fourth-order valence-electron chi connectivity index (χ4n) is 3.18. The highest BCUT2D eigenvalue weighted by molar-refractivity contribution is 6.70. The van der Waals surface area contributed by atoms with Gasteiger partial charge in [-0.05, 0) is 31.0 Å². The van der Waals surface area contributed by atoms with E-state index < -0.39 is 5.97 Å². The van der Waals surface area contributed by atoms with E-state index in [4.69, 9.17) is 5.11 Å². The van der Waals surface area contributed by atoms with E-state index >= 15 is 0 Å². The predicted octanol–water partition coefficient (Wildman–Crippen LogP) is 2.42. The molecule has 2 aliphatic rings. The second-order valence-corrected chi connectivity index (χ2v) is 5.54. The Balaban J connectivity index is 1.96. The van der Waals surface area contributed by atoms with Crippen LogP contribution in [0.5, 0.6) is 0 Å². The van der Waals surface area contributed by atoms with Crippen molar-refractivity contribution < 1.29 is 19.5 Å². The molecule has 2 fully saturated rings. The lowest BCUT2D eigenvalue weighted by Gasteiger charge is -2.20. The molecule has 0 heterocycles. The Bertz CT molecular complexity index is 636. The zero-order valence-corrected chi connectivity index (χ0v) is 11.4. The van der Waals surface area contributed by atoms with Gasteiger partial charge in [-0.25, -0.2) is 9.79 Å². The smallest absolute Gasteiger partial charge is 0.335 e. The minimum absolute atomic E-state index is 0.00515. The van der Waals surface area contributed by atoms with E-state index in [1.807, 2.05) is 0 Å². The topological polar surface area (TPSA) is 83.8 Å². The number of aromatic carboxylic acids is 1. The van der Waals surface area contributed by atoms with Crippen LogP contribution in [-0.4, -0.2) is 28.4 Å². The van der Waals surface area contributed by atoms with Gasteiger partial charge in [0.05, 0.1) is 11.3 Å². The fourth-order valence-corrected chi connectivity index (χ4v) is 3.18. The number of carboxylic acid groups (broad SMARTS) is 1. The molecule has 0 bridgehead atoms. The van der Waals surface area contributed by atoms with Gasteiger partial charge >= 0.3 is 5.97 Å². The first-order valence-electron chi connectivity index (χ1n) is 7.08. The fraction of sp³-hybridized carbons (Fsp3) is 0.375. The standard InChI is InChI=1S/C16H15NO4/c18-14-11-6-1-2-7-12(11)15(19)13(14)17-10-5-3-4-9(8-10)16(20)21/h3-5,8,11-12H,1-2,6-7H2,(H,20,21). The first-order valence-corrected chi connectivity index (χ1v) is 7.08. The summed E-state index contributed by atoms with van der Waals surface area (Å²) in [7, 11) is 0. The van der Waals surface area contributed by atoms with Crippen LogP contribution in [0.25, 0.3) is 0 Å². The van der Waals surface area contributed by atoms with Gasteiger partial charge in [-0.2, -0.15) is 0 Å². The number of nitrogens with zero attached hydrogens (tertiary/aromatic N) is 1. The molecule has 1 N–H and O–H groups in total. The lowest BCUT2D eigenvalue weighted by molar-refractivity contribution is -0.120. The van der Waals surface area contributed by atoms with Crippen molar-refractivity contribution in [2.24, 2.45) is 16.8 Å². The Morgan fingerprint density at radius 2 is 1.71 bits per heavy atom. The third-order valence-corrected chi connectivity index (χ3v) is 4.24. The molecule has 0 amide bonds. The van der Waals surface area contributed by atoms with Gasteiger partial charge in [-0.15, -0.1) is 0 Å².